The number of nitrogens with zero attached hydrogens (tertiary/aromatic N) is 1. The third-order valence-electron chi connectivity index (χ3n) is 5.40. The minimum Gasteiger partial charge on any atom is -0.444 e. The lowest BCUT2D eigenvalue weighted by molar-refractivity contribution is -0.366. The van der Waals surface area contributed by atoms with Gasteiger partial charge in [0.2, 0.25) is 0 Å². The molecule has 0 aliphatic carbocycles. The van der Waals surface area contributed by atoms with Crippen LogP contribution in [0.5, 0.6) is 0 Å². The van der Waals surface area contributed by atoms with Gasteiger partial charge in [-0.2, -0.15) is 5.06 Å². The molecule has 0 aromatic carbocycles. The number of alkyl carbamates (subject to hydrolysis) is 1. The number of rotatable bonds is 9. The fourth-order valence-electron chi connectivity index (χ4n) is 3.60. The molecule has 0 aromatic heterocycles. The third-order valence-corrected chi connectivity index (χ3v) is 5.40. The Bertz CT molecular complexity index is 661. The molecule has 0 saturated carbocycles. The van der Waals surface area contributed by atoms with Crippen molar-refractivity contribution in [1.82, 2.24) is 10.4 Å². The topological polar surface area (TPSA) is 220 Å². The van der Waals surface area contributed by atoms with Crippen LogP contribution >= 0.6 is 0 Å². The number of carbonyl (C=O) groups excluding carboxylic acids is 1. The molecule has 2 fully saturated rings. The SMILES string of the molecule is CN(OCCNC(=O)OC(C)(C)C)[C@@H]1O[C@H](CO)[C@@H](O[C@@H]2O[C@H](CO)[C@H](O)[C@H](O)[C@H]2O)[C@H](O)[C@H]1O. The molecule has 2 heterocycles. The van der Waals surface area contributed by atoms with Crippen LogP contribution in [0, 0.1) is 0 Å². The van der Waals surface area contributed by atoms with Gasteiger partial charge in [-0.3, -0.25) is 4.84 Å². The highest BCUT2D eigenvalue weighted by molar-refractivity contribution is 5.67. The predicted molar refractivity (Wildman–Crippen MR) is 114 cm³/mol. The smallest absolute Gasteiger partial charge is 0.407 e. The van der Waals surface area contributed by atoms with E-state index >= 15 is 0 Å². The third kappa shape index (κ3) is 7.88. The van der Waals surface area contributed by atoms with Crippen LogP contribution in [0.2, 0.25) is 0 Å². The molecule has 2 aliphatic heterocycles. The molecule has 2 rings (SSSR count). The summed E-state index contributed by atoms with van der Waals surface area (Å²) >= 11 is 0. The van der Waals surface area contributed by atoms with Crippen molar-refractivity contribution in [2.24, 2.45) is 0 Å². The van der Waals surface area contributed by atoms with Crippen molar-refractivity contribution in [2.75, 3.05) is 33.4 Å². The van der Waals surface area contributed by atoms with E-state index in [1.165, 1.54) is 7.05 Å². The first kappa shape index (κ1) is 30.0. The second-order valence-electron chi connectivity index (χ2n) is 9.33. The van der Waals surface area contributed by atoms with Gasteiger partial charge in [0.05, 0.1) is 19.8 Å². The largest absolute Gasteiger partial charge is 0.444 e. The zero-order valence-corrected chi connectivity index (χ0v) is 20.1. The summed E-state index contributed by atoms with van der Waals surface area (Å²) in [5.41, 5.74) is -0.661. The minimum absolute atomic E-state index is 0.0347. The van der Waals surface area contributed by atoms with Crippen molar-refractivity contribution in [3.8, 4) is 0 Å². The zero-order chi connectivity index (χ0) is 26.5. The lowest BCUT2D eigenvalue weighted by Gasteiger charge is -2.47. The Morgan fingerprint density at radius 3 is 2.11 bits per heavy atom. The lowest BCUT2D eigenvalue weighted by Crippen LogP contribution is -2.66. The molecule has 0 bridgehead atoms. The Morgan fingerprint density at radius 1 is 0.914 bits per heavy atom. The van der Waals surface area contributed by atoms with Crippen LogP contribution in [0.4, 0.5) is 4.79 Å². The van der Waals surface area contributed by atoms with Crippen LogP contribution in [-0.4, -0.2) is 147 Å². The first-order valence-electron chi connectivity index (χ1n) is 11.2. The number of nitrogens with one attached hydrogen (secondary N) is 1. The van der Waals surface area contributed by atoms with Crippen molar-refractivity contribution in [1.29, 1.82) is 0 Å². The van der Waals surface area contributed by atoms with Gasteiger partial charge in [-0.05, 0) is 20.8 Å². The van der Waals surface area contributed by atoms with Crippen molar-refractivity contribution in [3.05, 3.63) is 0 Å². The molecule has 2 aliphatic rings. The molecule has 15 nitrogen and oxygen atoms in total. The maximum atomic E-state index is 11.7. The Kier molecular flexibility index (Phi) is 11.0. The molecule has 0 spiro atoms. The molecule has 10 atom stereocenters. The van der Waals surface area contributed by atoms with Crippen LogP contribution in [-0.2, 0) is 23.8 Å². The number of carbonyl (C=O) groups is 1. The van der Waals surface area contributed by atoms with Gasteiger partial charge in [-0.25, -0.2) is 4.79 Å². The van der Waals surface area contributed by atoms with E-state index in [-0.39, 0.29) is 13.2 Å². The lowest BCUT2D eigenvalue weighted by atomic mass is 9.96. The first-order chi connectivity index (χ1) is 16.3. The Labute approximate surface area is 202 Å². The normalized spacial score (nSPS) is 38.4. The molecule has 2 saturated heterocycles. The van der Waals surface area contributed by atoms with Gasteiger partial charge in [-0.1, -0.05) is 0 Å². The van der Waals surface area contributed by atoms with Gasteiger partial charge in [0, 0.05) is 13.6 Å². The van der Waals surface area contributed by atoms with Gasteiger partial charge in [0.25, 0.3) is 0 Å². The van der Waals surface area contributed by atoms with Gasteiger partial charge in [0.15, 0.2) is 12.5 Å². The second kappa shape index (κ2) is 12.8. The summed E-state index contributed by atoms with van der Waals surface area (Å²) < 4.78 is 21.5. The average Bonchev–Trinajstić information content (AvgIpc) is 2.78. The number of likely N-dealkylation sites (N-methyl/N-ethyl adjacent to an activating group) is 1. The Balaban J connectivity index is 1.94. The molecule has 0 radical (unpaired) electrons. The van der Waals surface area contributed by atoms with Crippen LogP contribution in [0.15, 0.2) is 0 Å². The number of ether oxygens (including phenoxy) is 4. The monoisotopic (exact) mass is 514 g/mol. The maximum Gasteiger partial charge on any atom is 0.407 e. The van der Waals surface area contributed by atoms with Crippen molar-refractivity contribution in [3.63, 3.8) is 0 Å². The van der Waals surface area contributed by atoms with E-state index in [2.05, 4.69) is 5.32 Å². The van der Waals surface area contributed by atoms with Gasteiger partial charge in [-0.15, -0.1) is 0 Å². The van der Waals surface area contributed by atoms with Gasteiger partial charge < -0.3 is 60.0 Å². The molecular formula is C20H38N2O13. The predicted octanol–water partition coefficient (Wildman–Crippen LogP) is -4.00. The quantitative estimate of drug-likeness (QED) is 0.109. The number of hydrogen-bond donors (Lipinski definition) is 8. The Hall–Kier alpha value is -1.21. The summed E-state index contributed by atoms with van der Waals surface area (Å²) in [6, 6.07) is 0. The second-order valence-corrected chi connectivity index (χ2v) is 9.33. The number of aliphatic hydroxyl groups excluding tert-OH is 7. The maximum absolute atomic E-state index is 11.7. The number of amides is 1. The summed E-state index contributed by atoms with van der Waals surface area (Å²) in [7, 11) is 1.40. The molecule has 206 valence electrons. The number of hydrogen-bond acceptors (Lipinski definition) is 14. The molecule has 0 aromatic rings. The zero-order valence-electron chi connectivity index (χ0n) is 20.1. The highest BCUT2D eigenvalue weighted by atomic mass is 16.7. The first-order valence-corrected chi connectivity index (χ1v) is 11.2. The summed E-state index contributed by atoms with van der Waals surface area (Å²) in [6.45, 7) is 3.83. The van der Waals surface area contributed by atoms with E-state index in [1.807, 2.05) is 0 Å². The molecule has 8 N–H and O–H groups in total. The molecular weight excluding hydrogens is 476 g/mol. The summed E-state index contributed by atoms with van der Waals surface area (Å²) in [5, 5.41) is 73.9. The highest BCUT2D eigenvalue weighted by Gasteiger charge is 2.51. The highest BCUT2D eigenvalue weighted by Crippen LogP contribution is 2.30. The van der Waals surface area contributed by atoms with E-state index in [9.17, 15) is 40.5 Å². The minimum atomic E-state index is -1.75. The van der Waals surface area contributed by atoms with Crippen LogP contribution in [0.3, 0.4) is 0 Å². The van der Waals surface area contributed by atoms with E-state index in [0.29, 0.717) is 0 Å². The fraction of sp³-hybridized carbons (Fsp3) is 0.950. The van der Waals surface area contributed by atoms with Gasteiger partial charge >= 0.3 is 6.09 Å². The summed E-state index contributed by atoms with van der Waals surface area (Å²) in [5.74, 6) is 0. The van der Waals surface area contributed by atoms with E-state index in [0.717, 1.165) is 5.06 Å². The molecule has 35 heavy (non-hydrogen) atoms. The molecule has 0 unspecified atom stereocenters. The van der Waals surface area contributed by atoms with Crippen molar-refractivity contribution < 1.29 is 64.3 Å². The summed E-state index contributed by atoms with van der Waals surface area (Å²) in [6.07, 6.45) is -15.8. The van der Waals surface area contributed by atoms with Crippen molar-refractivity contribution in [2.45, 2.75) is 87.7 Å². The fourth-order valence-corrected chi connectivity index (χ4v) is 3.60. The van der Waals surface area contributed by atoms with Gasteiger partial charge in [0.1, 0.15) is 54.4 Å². The summed E-state index contributed by atoms with van der Waals surface area (Å²) in [4.78, 5) is 17.1. The van der Waals surface area contributed by atoms with E-state index in [4.69, 9.17) is 23.8 Å². The molecule has 1 amide bonds. The number of aliphatic hydroxyl groups is 7. The van der Waals surface area contributed by atoms with Crippen LogP contribution in [0.25, 0.3) is 0 Å². The number of hydroxylamine groups is 2. The standard InChI is InChI=1S/C20H38N2O13/c1-20(2,3)35-19(30)21-5-6-31-22(4)17-14(28)13(27)16(10(8-24)32-17)34-18-15(29)12(26)11(25)9(7-23)33-18/h9-18,23-29H,5-8H2,1-4H3,(H,21,30)/t9-,10-,11+,12+,13-,14-,15-,16-,17-,18+/m1/s1. The van der Waals surface area contributed by atoms with E-state index < -0.39 is 86.3 Å². The van der Waals surface area contributed by atoms with Crippen LogP contribution < -0.4 is 5.32 Å². The Morgan fingerprint density at radius 2 is 1.54 bits per heavy atom. The van der Waals surface area contributed by atoms with Crippen LogP contribution in [0.1, 0.15) is 20.8 Å². The van der Waals surface area contributed by atoms with Crippen molar-refractivity contribution >= 4 is 6.09 Å². The van der Waals surface area contributed by atoms with E-state index in [1.54, 1.807) is 20.8 Å². The molecule has 15 heteroatoms. The average molecular weight is 515 g/mol.